The van der Waals surface area contributed by atoms with E-state index in [1.807, 2.05) is 0 Å². The van der Waals surface area contributed by atoms with Crippen LogP contribution < -0.4 is 0 Å². The number of para-hydroxylation sites is 3. The summed E-state index contributed by atoms with van der Waals surface area (Å²) >= 11 is 0. The molecular weight excluding hydrogens is 643 g/mol. The van der Waals surface area contributed by atoms with Gasteiger partial charge in [0.2, 0.25) is 0 Å². The van der Waals surface area contributed by atoms with E-state index in [4.69, 9.17) is 9.97 Å². The Kier molecular flexibility index (Phi) is 6.55. The van der Waals surface area contributed by atoms with Crippen molar-refractivity contribution in [3.05, 3.63) is 188 Å². The monoisotopic (exact) mass is 673 g/mol. The van der Waals surface area contributed by atoms with Crippen LogP contribution in [-0.2, 0) is 0 Å². The highest BCUT2D eigenvalue weighted by molar-refractivity contribution is 6.16. The molecule has 0 N–H and O–H groups in total. The number of hydrogen-bond acceptors (Lipinski definition) is 2. The summed E-state index contributed by atoms with van der Waals surface area (Å²) in [4.78, 5) is 10.5. The van der Waals surface area contributed by atoms with Gasteiger partial charge in [0, 0.05) is 43.7 Å². The smallest absolute Gasteiger partial charge is 0.0978 e. The highest BCUT2D eigenvalue weighted by Gasteiger charge is 2.16. The Morgan fingerprint density at radius 1 is 0.340 bits per heavy atom. The van der Waals surface area contributed by atoms with Gasteiger partial charge >= 0.3 is 0 Å². The molecule has 0 aliphatic heterocycles. The Labute approximate surface area is 306 Å². The molecule has 11 aromatic rings. The molecule has 3 heterocycles. The van der Waals surface area contributed by atoms with Crippen molar-refractivity contribution < 1.29 is 0 Å². The first-order chi connectivity index (χ1) is 26.3. The van der Waals surface area contributed by atoms with Crippen molar-refractivity contribution in [1.82, 2.24) is 14.5 Å². The molecule has 53 heavy (non-hydrogen) atoms. The van der Waals surface area contributed by atoms with Gasteiger partial charge < -0.3 is 4.57 Å². The van der Waals surface area contributed by atoms with E-state index in [1.54, 1.807) is 0 Å². The van der Waals surface area contributed by atoms with Crippen LogP contribution in [0.3, 0.4) is 0 Å². The standard InChI is InChI=1S/C50H31N3/c1-3-11-32(12-4-1)48-41-16-7-9-17-45(41)52-50-42(48)26-23-33-24-27-44(51-49(33)50)38-22-21-34-29-35(19-20-36(34)30-38)37-25-28-47-43(31-37)40-15-8-10-18-46(40)53(47)39-13-5-2-6-14-39/h1-31H. The Morgan fingerprint density at radius 3 is 1.81 bits per heavy atom. The molecule has 0 bridgehead atoms. The van der Waals surface area contributed by atoms with E-state index in [1.165, 1.54) is 60.5 Å². The summed E-state index contributed by atoms with van der Waals surface area (Å²) in [5.74, 6) is 0. The van der Waals surface area contributed by atoms with Gasteiger partial charge in [0.05, 0.1) is 33.3 Å². The molecule has 0 radical (unpaired) electrons. The predicted octanol–water partition coefficient (Wildman–Crippen LogP) is 13.2. The van der Waals surface area contributed by atoms with Gasteiger partial charge in [-0.15, -0.1) is 0 Å². The molecule has 3 nitrogen and oxygen atoms in total. The highest BCUT2D eigenvalue weighted by atomic mass is 15.0. The number of hydrogen-bond donors (Lipinski definition) is 0. The number of aromatic nitrogens is 3. The van der Waals surface area contributed by atoms with Gasteiger partial charge in [0.15, 0.2) is 0 Å². The fraction of sp³-hybridized carbons (Fsp3) is 0. The van der Waals surface area contributed by atoms with Crippen molar-refractivity contribution in [2.75, 3.05) is 0 Å². The molecule has 11 rings (SSSR count). The average Bonchev–Trinajstić information content (AvgIpc) is 3.56. The molecular formula is C50H31N3. The molecule has 0 spiro atoms. The lowest BCUT2D eigenvalue weighted by Gasteiger charge is -2.13. The fourth-order valence-corrected chi connectivity index (χ4v) is 8.21. The van der Waals surface area contributed by atoms with E-state index in [0.717, 1.165) is 44.0 Å². The van der Waals surface area contributed by atoms with Gasteiger partial charge in [-0.2, -0.15) is 0 Å². The van der Waals surface area contributed by atoms with Crippen LogP contribution in [0.15, 0.2) is 188 Å². The van der Waals surface area contributed by atoms with E-state index >= 15 is 0 Å². The maximum atomic E-state index is 5.30. The first-order valence-electron chi connectivity index (χ1n) is 18.1. The topological polar surface area (TPSA) is 30.7 Å². The maximum Gasteiger partial charge on any atom is 0.0978 e. The van der Waals surface area contributed by atoms with Gasteiger partial charge in [0.1, 0.15) is 0 Å². The molecule has 3 heteroatoms. The van der Waals surface area contributed by atoms with Crippen molar-refractivity contribution in [2.24, 2.45) is 0 Å². The van der Waals surface area contributed by atoms with Gasteiger partial charge in [-0.1, -0.05) is 133 Å². The van der Waals surface area contributed by atoms with Crippen LogP contribution >= 0.6 is 0 Å². The maximum absolute atomic E-state index is 5.30. The molecule has 0 aliphatic rings. The number of pyridine rings is 2. The van der Waals surface area contributed by atoms with Gasteiger partial charge in [0.25, 0.3) is 0 Å². The number of benzene rings is 8. The van der Waals surface area contributed by atoms with E-state index in [0.29, 0.717) is 0 Å². The Bertz CT molecular complexity index is 3210. The van der Waals surface area contributed by atoms with Crippen molar-refractivity contribution in [2.45, 2.75) is 0 Å². The highest BCUT2D eigenvalue weighted by Crippen LogP contribution is 2.39. The zero-order valence-corrected chi connectivity index (χ0v) is 28.7. The second-order valence-electron chi connectivity index (χ2n) is 13.8. The fourth-order valence-electron chi connectivity index (χ4n) is 8.21. The Morgan fingerprint density at radius 2 is 0.962 bits per heavy atom. The van der Waals surface area contributed by atoms with Crippen molar-refractivity contribution >= 4 is 65.3 Å². The number of rotatable bonds is 4. The molecule has 8 aromatic carbocycles. The lowest BCUT2D eigenvalue weighted by atomic mass is 9.95. The summed E-state index contributed by atoms with van der Waals surface area (Å²) in [6, 6.07) is 67.3. The summed E-state index contributed by atoms with van der Waals surface area (Å²) in [6.45, 7) is 0. The molecule has 0 saturated heterocycles. The third-order valence-electron chi connectivity index (χ3n) is 10.7. The zero-order valence-electron chi connectivity index (χ0n) is 28.7. The lowest BCUT2D eigenvalue weighted by Crippen LogP contribution is -1.93. The Balaban J connectivity index is 1.01. The zero-order chi connectivity index (χ0) is 34.9. The van der Waals surface area contributed by atoms with E-state index < -0.39 is 0 Å². The molecule has 246 valence electrons. The second kappa shape index (κ2) is 11.7. The second-order valence-corrected chi connectivity index (χ2v) is 13.8. The molecule has 3 aromatic heterocycles. The van der Waals surface area contributed by atoms with E-state index in [9.17, 15) is 0 Å². The van der Waals surface area contributed by atoms with E-state index in [-0.39, 0.29) is 0 Å². The summed E-state index contributed by atoms with van der Waals surface area (Å²) in [7, 11) is 0. The summed E-state index contributed by atoms with van der Waals surface area (Å²) in [5.41, 5.74) is 13.2. The minimum atomic E-state index is 0.919. The summed E-state index contributed by atoms with van der Waals surface area (Å²) in [5, 5.41) is 8.24. The predicted molar refractivity (Wildman–Crippen MR) is 223 cm³/mol. The van der Waals surface area contributed by atoms with Crippen LogP contribution in [0.2, 0.25) is 0 Å². The van der Waals surface area contributed by atoms with Crippen LogP contribution in [0.5, 0.6) is 0 Å². The normalized spacial score (nSPS) is 11.8. The Hall–Kier alpha value is -7.10. The third-order valence-corrected chi connectivity index (χ3v) is 10.7. The van der Waals surface area contributed by atoms with Gasteiger partial charge in [-0.05, 0) is 82.1 Å². The average molecular weight is 674 g/mol. The molecule has 0 saturated carbocycles. The van der Waals surface area contributed by atoms with Gasteiger partial charge in [-0.25, -0.2) is 9.97 Å². The first-order valence-corrected chi connectivity index (χ1v) is 18.1. The van der Waals surface area contributed by atoms with Gasteiger partial charge in [-0.3, -0.25) is 0 Å². The van der Waals surface area contributed by atoms with Crippen LogP contribution in [0, 0.1) is 0 Å². The quantitative estimate of drug-likeness (QED) is 0.137. The van der Waals surface area contributed by atoms with E-state index in [2.05, 4.69) is 193 Å². The minimum Gasteiger partial charge on any atom is -0.309 e. The summed E-state index contributed by atoms with van der Waals surface area (Å²) < 4.78 is 2.36. The SMILES string of the molecule is c1ccc(-c2c3ccccc3nc3c2ccc2ccc(-c4ccc5cc(-c6ccc7c(c6)c6ccccc6n7-c6ccccc6)ccc5c4)nc23)cc1. The lowest BCUT2D eigenvalue weighted by molar-refractivity contribution is 1.18. The minimum absolute atomic E-state index is 0.919. The number of nitrogens with zero attached hydrogens (tertiary/aromatic N) is 3. The molecule has 0 fully saturated rings. The van der Waals surface area contributed by atoms with Crippen molar-refractivity contribution in [3.8, 4) is 39.2 Å². The largest absolute Gasteiger partial charge is 0.309 e. The van der Waals surface area contributed by atoms with Crippen LogP contribution in [0.25, 0.3) is 104 Å². The molecule has 0 atom stereocenters. The molecule has 0 unspecified atom stereocenters. The van der Waals surface area contributed by atoms with Crippen molar-refractivity contribution in [3.63, 3.8) is 0 Å². The number of fused-ring (bicyclic) bond motifs is 8. The van der Waals surface area contributed by atoms with Crippen LogP contribution in [-0.4, -0.2) is 14.5 Å². The van der Waals surface area contributed by atoms with Crippen molar-refractivity contribution in [1.29, 1.82) is 0 Å². The molecule has 0 amide bonds. The third kappa shape index (κ3) is 4.75. The first kappa shape index (κ1) is 29.6. The molecule has 0 aliphatic carbocycles. The van der Waals surface area contributed by atoms with Crippen LogP contribution in [0.1, 0.15) is 0 Å². The van der Waals surface area contributed by atoms with Crippen LogP contribution in [0.4, 0.5) is 0 Å². The summed E-state index contributed by atoms with van der Waals surface area (Å²) in [6.07, 6.45) is 0.